The molecular weight excluding hydrogens is 430 g/mol. The Morgan fingerprint density at radius 1 is 1.12 bits per heavy atom. The van der Waals surface area contributed by atoms with Gasteiger partial charge in [-0.3, -0.25) is 24.5 Å². The monoisotopic (exact) mass is 455 g/mol. The van der Waals surface area contributed by atoms with Gasteiger partial charge < -0.3 is 15.3 Å². The number of β-lactam (4-membered cyclic amide) rings is 1. The largest absolute Gasteiger partial charge is 0.480 e. The van der Waals surface area contributed by atoms with Crippen molar-refractivity contribution in [3.8, 4) is 0 Å². The predicted molar refractivity (Wildman–Crippen MR) is 118 cm³/mol. The molecule has 2 aromatic rings. The standard InChI is InChI=1S/C22H25N5O4S/c1-22(2)18(21(30)31)27-19(29)17(20(27)32-22)25-16(28)13-26(11-14-7-3-5-9-23-14)12-15-8-4-6-10-24-15/h3-10,17-18,20H,11-13H2,1-2H3,(H,25,28)(H,30,31)/t17-,18+,20+/m1/s1. The van der Waals surface area contributed by atoms with E-state index in [1.165, 1.54) is 16.7 Å². The highest BCUT2D eigenvalue weighted by atomic mass is 32.2. The van der Waals surface area contributed by atoms with E-state index in [1.807, 2.05) is 55.1 Å². The Bertz CT molecular complexity index is 962. The number of carbonyl (C=O) groups excluding carboxylic acids is 2. The summed E-state index contributed by atoms with van der Waals surface area (Å²) < 4.78 is -0.629. The molecule has 0 bridgehead atoms. The van der Waals surface area contributed by atoms with Crippen LogP contribution in [0.4, 0.5) is 0 Å². The number of nitrogens with zero attached hydrogens (tertiary/aromatic N) is 4. The highest BCUT2D eigenvalue weighted by Crippen LogP contribution is 2.50. The molecule has 4 heterocycles. The Morgan fingerprint density at radius 2 is 1.72 bits per heavy atom. The minimum atomic E-state index is -1.03. The Kier molecular flexibility index (Phi) is 6.16. The van der Waals surface area contributed by atoms with Gasteiger partial charge in [0, 0.05) is 30.2 Å². The molecule has 2 aliphatic heterocycles. The number of amides is 2. The van der Waals surface area contributed by atoms with E-state index >= 15 is 0 Å². The molecule has 0 aromatic carbocycles. The zero-order valence-corrected chi connectivity index (χ0v) is 18.7. The third-order valence-corrected chi connectivity index (χ3v) is 7.15. The van der Waals surface area contributed by atoms with Crippen molar-refractivity contribution in [2.75, 3.05) is 6.54 Å². The molecule has 0 radical (unpaired) electrons. The van der Waals surface area contributed by atoms with Gasteiger partial charge in [0.1, 0.15) is 17.5 Å². The maximum absolute atomic E-state index is 12.9. The minimum Gasteiger partial charge on any atom is -0.480 e. The normalized spacial score (nSPS) is 23.5. The zero-order chi connectivity index (χ0) is 22.9. The van der Waals surface area contributed by atoms with Gasteiger partial charge >= 0.3 is 5.97 Å². The average Bonchev–Trinajstić information content (AvgIpc) is 3.01. The molecule has 2 fully saturated rings. The molecule has 32 heavy (non-hydrogen) atoms. The number of aromatic nitrogens is 2. The van der Waals surface area contributed by atoms with Crippen molar-refractivity contribution in [2.45, 2.75) is 49.1 Å². The second-order valence-electron chi connectivity index (χ2n) is 8.43. The number of pyridine rings is 2. The number of aliphatic carboxylic acids is 1. The molecule has 0 spiro atoms. The first-order valence-electron chi connectivity index (χ1n) is 10.3. The number of carbonyl (C=O) groups is 3. The van der Waals surface area contributed by atoms with Crippen LogP contribution in [0.25, 0.3) is 0 Å². The summed E-state index contributed by atoms with van der Waals surface area (Å²) in [6.45, 7) is 4.56. The number of hydrogen-bond donors (Lipinski definition) is 2. The first kappa shape index (κ1) is 22.2. The van der Waals surface area contributed by atoms with E-state index in [1.54, 1.807) is 12.4 Å². The van der Waals surface area contributed by atoms with Crippen molar-refractivity contribution in [3.05, 3.63) is 60.2 Å². The van der Waals surface area contributed by atoms with Crippen LogP contribution in [-0.2, 0) is 27.5 Å². The Hall–Kier alpha value is -2.98. The van der Waals surface area contributed by atoms with Gasteiger partial charge in [-0.25, -0.2) is 4.79 Å². The van der Waals surface area contributed by atoms with Crippen LogP contribution in [0.15, 0.2) is 48.8 Å². The molecule has 2 aromatic heterocycles. The maximum Gasteiger partial charge on any atom is 0.327 e. The second-order valence-corrected chi connectivity index (χ2v) is 10.2. The van der Waals surface area contributed by atoms with Crippen LogP contribution in [0.3, 0.4) is 0 Å². The first-order valence-corrected chi connectivity index (χ1v) is 11.2. The van der Waals surface area contributed by atoms with Gasteiger partial charge in [0.25, 0.3) is 0 Å². The van der Waals surface area contributed by atoms with E-state index in [9.17, 15) is 19.5 Å². The molecule has 2 saturated heterocycles. The van der Waals surface area contributed by atoms with Crippen molar-refractivity contribution in [3.63, 3.8) is 0 Å². The predicted octanol–water partition coefficient (Wildman–Crippen LogP) is 1.11. The molecule has 2 aliphatic rings. The Balaban J connectivity index is 1.42. The topological polar surface area (TPSA) is 116 Å². The van der Waals surface area contributed by atoms with Gasteiger partial charge in [-0.15, -0.1) is 11.8 Å². The summed E-state index contributed by atoms with van der Waals surface area (Å²) in [7, 11) is 0. The lowest BCUT2D eigenvalue weighted by atomic mass is 9.96. The smallest absolute Gasteiger partial charge is 0.327 e. The number of hydrogen-bond acceptors (Lipinski definition) is 7. The van der Waals surface area contributed by atoms with E-state index in [0.717, 1.165) is 11.4 Å². The first-order chi connectivity index (χ1) is 15.3. The van der Waals surface area contributed by atoms with Crippen molar-refractivity contribution in [2.24, 2.45) is 0 Å². The van der Waals surface area contributed by atoms with E-state index in [2.05, 4.69) is 15.3 Å². The lowest BCUT2D eigenvalue weighted by molar-refractivity contribution is -0.161. The van der Waals surface area contributed by atoms with Crippen molar-refractivity contribution >= 4 is 29.5 Å². The van der Waals surface area contributed by atoms with Crippen LogP contribution in [0.2, 0.25) is 0 Å². The molecule has 3 atom stereocenters. The highest BCUT2D eigenvalue weighted by Gasteiger charge is 2.64. The van der Waals surface area contributed by atoms with E-state index in [0.29, 0.717) is 13.1 Å². The number of thioether (sulfide) groups is 1. The molecule has 2 N–H and O–H groups in total. The number of nitrogens with one attached hydrogen (secondary N) is 1. The number of carboxylic acid groups (broad SMARTS) is 1. The van der Waals surface area contributed by atoms with E-state index < -0.39 is 22.8 Å². The minimum absolute atomic E-state index is 0.0556. The van der Waals surface area contributed by atoms with Crippen LogP contribution in [0.5, 0.6) is 0 Å². The van der Waals surface area contributed by atoms with Gasteiger partial charge in [-0.05, 0) is 38.1 Å². The van der Waals surface area contributed by atoms with Gasteiger partial charge in [0.2, 0.25) is 11.8 Å². The molecule has 2 amide bonds. The summed E-state index contributed by atoms with van der Waals surface area (Å²) in [5.74, 6) is -1.68. The average molecular weight is 456 g/mol. The molecule has 0 aliphatic carbocycles. The molecule has 168 valence electrons. The Morgan fingerprint density at radius 3 is 2.22 bits per heavy atom. The molecular formula is C22H25N5O4S. The fourth-order valence-corrected chi connectivity index (χ4v) is 5.80. The van der Waals surface area contributed by atoms with Crippen LogP contribution >= 0.6 is 11.8 Å². The van der Waals surface area contributed by atoms with Gasteiger partial charge in [0.15, 0.2) is 0 Å². The summed E-state index contributed by atoms with van der Waals surface area (Å²) in [6, 6.07) is 9.60. The van der Waals surface area contributed by atoms with Gasteiger partial charge in [0.05, 0.1) is 17.9 Å². The quantitative estimate of drug-likeness (QED) is 0.569. The van der Waals surface area contributed by atoms with Gasteiger partial charge in [-0.1, -0.05) is 12.1 Å². The lowest BCUT2D eigenvalue weighted by Crippen LogP contribution is -2.71. The fourth-order valence-electron chi connectivity index (χ4n) is 4.18. The highest BCUT2D eigenvalue weighted by molar-refractivity contribution is 8.01. The number of carboxylic acids is 1. The van der Waals surface area contributed by atoms with E-state index in [4.69, 9.17) is 0 Å². The van der Waals surface area contributed by atoms with Crippen LogP contribution < -0.4 is 5.32 Å². The molecule has 9 nitrogen and oxygen atoms in total. The van der Waals surface area contributed by atoms with Crippen molar-refractivity contribution in [1.82, 2.24) is 25.1 Å². The molecule has 0 saturated carbocycles. The summed E-state index contributed by atoms with van der Waals surface area (Å²) in [5, 5.41) is 12.0. The van der Waals surface area contributed by atoms with Crippen molar-refractivity contribution in [1.29, 1.82) is 0 Å². The SMILES string of the molecule is CC1(C)S[C@H]2[C@H](NC(=O)CN(Cc3ccccn3)Cc3ccccn3)C(=O)N2[C@H]1C(=O)O. The summed E-state index contributed by atoms with van der Waals surface area (Å²) in [5.41, 5.74) is 1.64. The second kappa shape index (κ2) is 8.87. The van der Waals surface area contributed by atoms with Gasteiger partial charge in [-0.2, -0.15) is 0 Å². The fraction of sp³-hybridized carbons (Fsp3) is 0.409. The maximum atomic E-state index is 12.9. The van der Waals surface area contributed by atoms with E-state index in [-0.39, 0.29) is 23.7 Å². The summed E-state index contributed by atoms with van der Waals surface area (Å²) >= 11 is 1.41. The number of rotatable bonds is 8. The van der Waals surface area contributed by atoms with Crippen LogP contribution in [-0.4, -0.2) is 71.4 Å². The van der Waals surface area contributed by atoms with Crippen molar-refractivity contribution < 1.29 is 19.5 Å². The summed E-state index contributed by atoms with van der Waals surface area (Å²) in [4.78, 5) is 49.1. The third kappa shape index (κ3) is 4.46. The molecule has 4 rings (SSSR count). The van der Waals surface area contributed by atoms with Crippen LogP contribution in [0.1, 0.15) is 25.2 Å². The molecule has 0 unspecified atom stereocenters. The summed E-state index contributed by atoms with van der Waals surface area (Å²) in [6.07, 6.45) is 3.40. The Labute approximate surface area is 190 Å². The lowest BCUT2D eigenvalue weighted by Gasteiger charge is -2.43. The third-order valence-electron chi connectivity index (χ3n) is 5.58. The zero-order valence-electron chi connectivity index (χ0n) is 17.8. The number of fused-ring (bicyclic) bond motifs is 1. The van der Waals surface area contributed by atoms with Crippen LogP contribution in [0, 0.1) is 0 Å². The molecule has 10 heteroatoms.